The van der Waals surface area contributed by atoms with E-state index in [2.05, 4.69) is 17.6 Å². The Bertz CT molecular complexity index is 735. The number of esters is 1. The lowest BCUT2D eigenvalue weighted by molar-refractivity contribution is -0.143. The number of hydrogen-bond acceptors (Lipinski definition) is 5. The van der Waals surface area contributed by atoms with Crippen LogP contribution in [0.25, 0.3) is 0 Å². The highest BCUT2D eigenvalue weighted by Gasteiger charge is 2.33. The van der Waals surface area contributed by atoms with Crippen LogP contribution in [0.2, 0.25) is 0 Å². The Balaban J connectivity index is 1.72. The number of anilines is 1. The van der Waals surface area contributed by atoms with Gasteiger partial charge in [-0.15, -0.1) is 0 Å². The average Bonchev–Trinajstić information content (AvgIpc) is 3.05. The summed E-state index contributed by atoms with van der Waals surface area (Å²) in [6.07, 6.45) is 3.49. The molecule has 0 aromatic heterocycles. The van der Waals surface area contributed by atoms with Crippen LogP contribution in [0.3, 0.4) is 0 Å². The molecule has 1 heterocycles. The molecule has 1 fully saturated rings. The van der Waals surface area contributed by atoms with Gasteiger partial charge in [-0.2, -0.15) is 0 Å². The van der Waals surface area contributed by atoms with Crippen molar-refractivity contribution in [3.8, 4) is 0 Å². The van der Waals surface area contributed by atoms with Crippen molar-refractivity contribution in [1.82, 2.24) is 10.6 Å². The molecule has 0 bridgehead atoms. The molecule has 1 saturated heterocycles. The van der Waals surface area contributed by atoms with Crippen LogP contribution in [0.5, 0.6) is 0 Å². The molecular formula is C20H29N5O4. The van der Waals surface area contributed by atoms with Crippen molar-refractivity contribution in [3.63, 3.8) is 0 Å². The van der Waals surface area contributed by atoms with Crippen molar-refractivity contribution in [2.75, 3.05) is 24.6 Å². The lowest BCUT2D eigenvalue weighted by Crippen LogP contribution is -2.46. The molecule has 1 aliphatic heterocycles. The van der Waals surface area contributed by atoms with Crippen LogP contribution in [-0.2, 0) is 14.3 Å². The predicted molar refractivity (Wildman–Crippen MR) is 110 cm³/mol. The minimum Gasteiger partial charge on any atom is -0.466 e. The standard InChI is InChI=1S/C20H29N5O4/c1-2-3-4-13-29-17(26)9-11-23-20(28)24-16-10-12-25(19(16)27)15-7-5-14(6-8-15)18(21)22/h5-8,16H,2-4,9-13H2,1H3,(H3,21,22)(H2,23,24,28)/t16-/m0/s1. The van der Waals surface area contributed by atoms with Crippen LogP contribution in [0.4, 0.5) is 10.5 Å². The normalized spacial score (nSPS) is 15.8. The van der Waals surface area contributed by atoms with Crippen LogP contribution in [-0.4, -0.2) is 49.5 Å². The molecule has 29 heavy (non-hydrogen) atoms. The molecule has 1 aliphatic rings. The first kappa shape index (κ1) is 22.2. The molecule has 3 amide bonds. The summed E-state index contributed by atoms with van der Waals surface area (Å²) in [5, 5.41) is 12.6. The van der Waals surface area contributed by atoms with Crippen LogP contribution >= 0.6 is 0 Å². The van der Waals surface area contributed by atoms with Gasteiger partial charge in [0, 0.05) is 24.3 Å². The number of benzene rings is 1. The third-order valence-corrected chi connectivity index (χ3v) is 4.63. The van der Waals surface area contributed by atoms with Gasteiger partial charge in [-0.05, 0) is 37.1 Å². The zero-order valence-electron chi connectivity index (χ0n) is 16.7. The van der Waals surface area contributed by atoms with E-state index >= 15 is 0 Å². The highest BCUT2D eigenvalue weighted by atomic mass is 16.5. The third kappa shape index (κ3) is 6.78. The van der Waals surface area contributed by atoms with Gasteiger partial charge in [0.1, 0.15) is 11.9 Å². The number of nitrogens with two attached hydrogens (primary N) is 1. The van der Waals surface area contributed by atoms with Crippen molar-refractivity contribution in [2.45, 2.75) is 45.1 Å². The molecule has 0 aliphatic carbocycles. The summed E-state index contributed by atoms with van der Waals surface area (Å²) in [5.41, 5.74) is 6.71. The molecule has 158 valence electrons. The number of nitrogens with zero attached hydrogens (tertiary/aromatic N) is 1. The molecule has 1 aromatic carbocycles. The van der Waals surface area contributed by atoms with Crippen LogP contribution < -0.4 is 21.3 Å². The van der Waals surface area contributed by atoms with Gasteiger partial charge in [-0.3, -0.25) is 15.0 Å². The smallest absolute Gasteiger partial charge is 0.315 e. The summed E-state index contributed by atoms with van der Waals surface area (Å²) in [6.45, 7) is 3.10. The Morgan fingerprint density at radius 3 is 2.66 bits per heavy atom. The Hall–Kier alpha value is -3.10. The minimum absolute atomic E-state index is 0.0367. The highest BCUT2D eigenvalue weighted by Crippen LogP contribution is 2.22. The van der Waals surface area contributed by atoms with Gasteiger partial charge in [0.2, 0.25) is 5.91 Å². The topological polar surface area (TPSA) is 138 Å². The molecule has 2 rings (SSSR count). The second kappa shape index (κ2) is 11.0. The van der Waals surface area contributed by atoms with Gasteiger partial charge in [-0.25, -0.2) is 4.79 Å². The molecule has 5 N–H and O–H groups in total. The Kier molecular flexibility index (Phi) is 8.45. The zero-order chi connectivity index (χ0) is 21.2. The van der Waals surface area contributed by atoms with Gasteiger partial charge >= 0.3 is 12.0 Å². The number of amides is 3. The number of carbonyl (C=O) groups is 3. The largest absolute Gasteiger partial charge is 0.466 e. The van der Waals surface area contributed by atoms with Gasteiger partial charge in [0.15, 0.2) is 0 Å². The third-order valence-electron chi connectivity index (χ3n) is 4.63. The molecule has 0 unspecified atom stereocenters. The van der Waals surface area contributed by atoms with E-state index in [1.165, 1.54) is 0 Å². The number of ether oxygens (including phenoxy) is 1. The number of carbonyl (C=O) groups excluding carboxylic acids is 3. The molecule has 9 nitrogen and oxygen atoms in total. The number of urea groups is 1. The molecule has 0 radical (unpaired) electrons. The fraction of sp³-hybridized carbons (Fsp3) is 0.500. The Morgan fingerprint density at radius 1 is 1.28 bits per heavy atom. The van der Waals surface area contributed by atoms with E-state index in [0.717, 1.165) is 19.3 Å². The fourth-order valence-corrected chi connectivity index (χ4v) is 2.99. The molecular weight excluding hydrogens is 374 g/mol. The second-order valence-electron chi connectivity index (χ2n) is 6.87. The van der Waals surface area contributed by atoms with Gasteiger partial charge < -0.3 is 26.0 Å². The quantitative estimate of drug-likeness (QED) is 0.203. The monoisotopic (exact) mass is 403 g/mol. The van der Waals surface area contributed by atoms with E-state index < -0.39 is 12.1 Å². The van der Waals surface area contributed by atoms with E-state index in [1.807, 2.05) is 0 Å². The Labute approximate surface area is 170 Å². The maximum absolute atomic E-state index is 12.6. The van der Waals surface area contributed by atoms with E-state index in [4.69, 9.17) is 15.9 Å². The summed E-state index contributed by atoms with van der Waals surface area (Å²) < 4.78 is 5.07. The average molecular weight is 403 g/mol. The minimum atomic E-state index is -0.622. The molecule has 0 spiro atoms. The number of rotatable bonds is 10. The second-order valence-corrected chi connectivity index (χ2v) is 6.87. The first-order valence-electron chi connectivity index (χ1n) is 9.88. The summed E-state index contributed by atoms with van der Waals surface area (Å²) in [5.74, 6) is -0.588. The lowest BCUT2D eigenvalue weighted by atomic mass is 10.2. The fourth-order valence-electron chi connectivity index (χ4n) is 2.99. The molecule has 1 aromatic rings. The van der Waals surface area contributed by atoms with Gasteiger partial charge in [0.05, 0.1) is 13.0 Å². The molecule has 9 heteroatoms. The lowest BCUT2D eigenvalue weighted by Gasteiger charge is -2.18. The van der Waals surface area contributed by atoms with Crippen LogP contribution in [0, 0.1) is 5.41 Å². The first-order chi connectivity index (χ1) is 13.9. The van der Waals surface area contributed by atoms with Crippen molar-refractivity contribution < 1.29 is 19.1 Å². The number of nitrogens with one attached hydrogen (secondary N) is 3. The summed E-state index contributed by atoms with van der Waals surface area (Å²) >= 11 is 0. The van der Waals surface area contributed by atoms with E-state index in [9.17, 15) is 14.4 Å². The number of nitrogen functional groups attached to an aromatic ring is 1. The van der Waals surface area contributed by atoms with Crippen molar-refractivity contribution in [3.05, 3.63) is 29.8 Å². The predicted octanol–water partition coefficient (Wildman–Crippen LogP) is 1.50. The van der Waals surface area contributed by atoms with E-state index in [-0.39, 0.29) is 30.7 Å². The van der Waals surface area contributed by atoms with E-state index in [0.29, 0.717) is 30.8 Å². The van der Waals surface area contributed by atoms with Crippen molar-refractivity contribution in [1.29, 1.82) is 5.41 Å². The van der Waals surface area contributed by atoms with Gasteiger partial charge in [0.25, 0.3) is 0 Å². The van der Waals surface area contributed by atoms with Crippen LogP contribution in [0.1, 0.15) is 44.6 Å². The Morgan fingerprint density at radius 2 is 2.00 bits per heavy atom. The van der Waals surface area contributed by atoms with Crippen LogP contribution in [0.15, 0.2) is 24.3 Å². The maximum Gasteiger partial charge on any atom is 0.315 e. The van der Waals surface area contributed by atoms with Gasteiger partial charge in [-0.1, -0.05) is 19.8 Å². The SMILES string of the molecule is CCCCCOC(=O)CCNC(=O)N[C@H]1CCN(c2ccc(C(=N)N)cc2)C1=O. The summed E-state index contributed by atoms with van der Waals surface area (Å²) in [4.78, 5) is 37.7. The number of hydrogen-bond donors (Lipinski definition) is 4. The summed E-state index contributed by atoms with van der Waals surface area (Å²) in [7, 11) is 0. The zero-order valence-corrected chi connectivity index (χ0v) is 16.7. The van der Waals surface area contributed by atoms with E-state index in [1.54, 1.807) is 29.2 Å². The maximum atomic E-state index is 12.6. The number of unbranched alkanes of at least 4 members (excludes halogenated alkanes) is 2. The first-order valence-corrected chi connectivity index (χ1v) is 9.88. The molecule has 1 atom stereocenters. The van der Waals surface area contributed by atoms with Crippen molar-refractivity contribution in [2.24, 2.45) is 5.73 Å². The highest BCUT2D eigenvalue weighted by molar-refractivity contribution is 6.02. The number of amidine groups is 1. The van der Waals surface area contributed by atoms with Crippen molar-refractivity contribution >= 4 is 29.4 Å². The molecule has 0 saturated carbocycles. The summed E-state index contributed by atoms with van der Waals surface area (Å²) in [6, 6.07) is 5.70.